The number of hydrogen-bond donors (Lipinski definition) is 1. The summed E-state index contributed by atoms with van der Waals surface area (Å²) in [6.45, 7) is 3.53. The molecule has 4 heteroatoms. The number of rotatable bonds is 6. The summed E-state index contributed by atoms with van der Waals surface area (Å²) in [7, 11) is 2.03. The van der Waals surface area contributed by atoms with E-state index in [1.165, 1.54) is 18.9 Å². The molecule has 0 spiro atoms. The Hall–Kier alpha value is -1.13. The number of hydrogen-bond acceptors (Lipinski definition) is 3. The second-order valence-electron chi connectivity index (χ2n) is 6.29. The molecule has 2 fully saturated rings. The van der Waals surface area contributed by atoms with Gasteiger partial charge >= 0.3 is 0 Å². The molecular formula is C16H23FN2O. The Morgan fingerprint density at radius 2 is 2.30 bits per heavy atom. The smallest absolute Gasteiger partial charge is 0.125 e. The highest BCUT2D eigenvalue weighted by Crippen LogP contribution is 2.32. The molecule has 110 valence electrons. The third-order valence-corrected chi connectivity index (χ3v) is 4.35. The van der Waals surface area contributed by atoms with Gasteiger partial charge in [0.2, 0.25) is 0 Å². The molecule has 1 aliphatic carbocycles. The Bertz CT molecular complexity index is 456. The molecule has 1 N–H and O–H groups in total. The van der Waals surface area contributed by atoms with Crippen LogP contribution in [0.4, 0.5) is 10.1 Å². The van der Waals surface area contributed by atoms with Gasteiger partial charge in [-0.15, -0.1) is 0 Å². The van der Waals surface area contributed by atoms with Crippen molar-refractivity contribution in [1.29, 1.82) is 0 Å². The van der Waals surface area contributed by atoms with E-state index in [9.17, 15) is 4.39 Å². The number of nitrogens with zero attached hydrogens (tertiary/aromatic N) is 1. The fraction of sp³-hybridized carbons (Fsp3) is 0.625. The van der Waals surface area contributed by atoms with Crippen LogP contribution in [0, 0.1) is 11.2 Å². The zero-order chi connectivity index (χ0) is 14.0. The van der Waals surface area contributed by atoms with Gasteiger partial charge < -0.3 is 15.0 Å². The first-order chi connectivity index (χ1) is 9.67. The third-order valence-electron chi connectivity index (χ3n) is 4.35. The first-order valence-electron chi connectivity index (χ1n) is 7.45. The number of nitrogens with one attached hydrogen (secondary N) is 1. The Morgan fingerprint density at radius 3 is 2.95 bits per heavy atom. The second kappa shape index (κ2) is 5.70. The van der Waals surface area contributed by atoms with Gasteiger partial charge in [-0.05, 0) is 37.5 Å². The maximum absolute atomic E-state index is 13.3. The third kappa shape index (κ3) is 3.30. The monoisotopic (exact) mass is 278 g/mol. The molecule has 1 unspecified atom stereocenters. The van der Waals surface area contributed by atoms with Crippen LogP contribution >= 0.6 is 0 Å². The van der Waals surface area contributed by atoms with Gasteiger partial charge in [-0.1, -0.05) is 6.07 Å². The van der Waals surface area contributed by atoms with E-state index >= 15 is 0 Å². The van der Waals surface area contributed by atoms with Crippen LogP contribution in [0.5, 0.6) is 0 Å². The summed E-state index contributed by atoms with van der Waals surface area (Å²) in [5.41, 5.74) is 1.09. The van der Waals surface area contributed by atoms with Gasteiger partial charge in [0.05, 0.1) is 6.61 Å². The van der Waals surface area contributed by atoms with Crippen LogP contribution < -0.4 is 10.2 Å². The average molecular weight is 278 g/mol. The highest BCUT2D eigenvalue weighted by molar-refractivity contribution is 5.45. The molecule has 1 aromatic rings. The van der Waals surface area contributed by atoms with Crippen LogP contribution in [0.25, 0.3) is 0 Å². The topological polar surface area (TPSA) is 24.5 Å². The molecule has 0 amide bonds. The van der Waals surface area contributed by atoms with Gasteiger partial charge in [0, 0.05) is 43.9 Å². The van der Waals surface area contributed by atoms with Crippen molar-refractivity contribution in [1.82, 2.24) is 5.32 Å². The lowest BCUT2D eigenvalue weighted by Crippen LogP contribution is -2.44. The lowest BCUT2D eigenvalue weighted by Gasteiger charge is -2.33. The zero-order valence-electron chi connectivity index (χ0n) is 12.1. The van der Waals surface area contributed by atoms with Crippen LogP contribution in [0.15, 0.2) is 24.3 Å². The van der Waals surface area contributed by atoms with Crippen molar-refractivity contribution < 1.29 is 9.13 Å². The van der Waals surface area contributed by atoms with Gasteiger partial charge in [-0.2, -0.15) is 0 Å². The molecule has 0 radical (unpaired) electrons. The van der Waals surface area contributed by atoms with Crippen molar-refractivity contribution in [3.05, 3.63) is 30.1 Å². The fourth-order valence-corrected chi connectivity index (χ4v) is 2.93. The number of benzene rings is 1. The molecule has 1 atom stereocenters. The summed E-state index contributed by atoms with van der Waals surface area (Å²) in [5.74, 6) is -0.179. The van der Waals surface area contributed by atoms with E-state index in [2.05, 4.69) is 10.2 Å². The zero-order valence-corrected chi connectivity index (χ0v) is 12.1. The minimum atomic E-state index is -0.179. The summed E-state index contributed by atoms with van der Waals surface area (Å²) in [5, 5.41) is 3.63. The lowest BCUT2D eigenvalue weighted by molar-refractivity contribution is 0.152. The normalized spacial score (nSPS) is 25.9. The first kappa shape index (κ1) is 13.8. The largest absolute Gasteiger partial charge is 0.381 e. The molecule has 0 aromatic heterocycles. The molecule has 1 heterocycles. The SMILES string of the molecule is CN(CC1(CNC2CC2)CCOC1)c1cccc(F)c1. The van der Waals surface area contributed by atoms with Crippen LogP contribution in [-0.2, 0) is 4.74 Å². The highest BCUT2D eigenvalue weighted by atomic mass is 19.1. The summed E-state index contributed by atoms with van der Waals surface area (Å²) in [4.78, 5) is 2.15. The van der Waals surface area contributed by atoms with Gasteiger partial charge in [0.1, 0.15) is 5.82 Å². The number of ether oxygens (including phenoxy) is 1. The minimum Gasteiger partial charge on any atom is -0.381 e. The Balaban J connectivity index is 1.65. The van der Waals surface area contributed by atoms with Crippen molar-refractivity contribution in [2.24, 2.45) is 5.41 Å². The molecule has 0 bridgehead atoms. The van der Waals surface area contributed by atoms with Gasteiger partial charge in [0.25, 0.3) is 0 Å². The molecule has 3 nitrogen and oxygen atoms in total. The Labute approximate surface area is 120 Å². The fourth-order valence-electron chi connectivity index (χ4n) is 2.93. The summed E-state index contributed by atoms with van der Waals surface area (Å²) < 4.78 is 19.0. The molecule has 1 saturated carbocycles. The van der Waals surface area contributed by atoms with E-state index < -0.39 is 0 Å². The second-order valence-corrected chi connectivity index (χ2v) is 6.29. The number of anilines is 1. The predicted octanol–water partition coefficient (Wildman–Crippen LogP) is 2.42. The average Bonchev–Trinajstić information content (AvgIpc) is 3.16. The van der Waals surface area contributed by atoms with Crippen LogP contribution in [0.3, 0.4) is 0 Å². The van der Waals surface area contributed by atoms with Crippen molar-refractivity contribution in [2.75, 3.05) is 38.3 Å². The minimum absolute atomic E-state index is 0.156. The maximum atomic E-state index is 13.3. The Morgan fingerprint density at radius 1 is 1.45 bits per heavy atom. The van der Waals surface area contributed by atoms with Crippen molar-refractivity contribution in [3.8, 4) is 0 Å². The van der Waals surface area contributed by atoms with Gasteiger partial charge in [0.15, 0.2) is 0 Å². The van der Waals surface area contributed by atoms with Crippen molar-refractivity contribution in [2.45, 2.75) is 25.3 Å². The van der Waals surface area contributed by atoms with Gasteiger partial charge in [-0.25, -0.2) is 4.39 Å². The molecule has 2 aliphatic rings. The predicted molar refractivity (Wildman–Crippen MR) is 78.6 cm³/mol. The number of halogens is 1. The molecule has 1 aromatic carbocycles. The first-order valence-corrected chi connectivity index (χ1v) is 7.45. The molecule has 3 rings (SSSR count). The lowest BCUT2D eigenvalue weighted by atomic mass is 9.86. The van der Waals surface area contributed by atoms with E-state index in [1.807, 2.05) is 13.1 Å². The van der Waals surface area contributed by atoms with E-state index in [0.717, 1.165) is 38.4 Å². The van der Waals surface area contributed by atoms with Crippen LogP contribution in [-0.4, -0.2) is 39.4 Å². The summed E-state index contributed by atoms with van der Waals surface area (Å²) >= 11 is 0. The van der Waals surface area contributed by atoms with Crippen molar-refractivity contribution in [3.63, 3.8) is 0 Å². The molecular weight excluding hydrogens is 255 g/mol. The molecule has 20 heavy (non-hydrogen) atoms. The quantitative estimate of drug-likeness (QED) is 0.865. The summed E-state index contributed by atoms with van der Waals surface area (Å²) in [6.07, 6.45) is 3.68. The molecule has 1 saturated heterocycles. The van der Waals surface area contributed by atoms with E-state index in [-0.39, 0.29) is 11.2 Å². The van der Waals surface area contributed by atoms with E-state index in [4.69, 9.17) is 4.74 Å². The highest BCUT2D eigenvalue weighted by Gasteiger charge is 2.37. The van der Waals surface area contributed by atoms with Crippen molar-refractivity contribution >= 4 is 5.69 Å². The Kier molecular flexibility index (Phi) is 3.94. The van der Waals surface area contributed by atoms with E-state index in [1.54, 1.807) is 12.1 Å². The summed E-state index contributed by atoms with van der Waals surface area (Å²) in [6, 6.07) is 7.52. The van der Waals surface area contributed by atoms with Crippen LogP contribution in [0.1, 0.15) is 19.3 Å². The van der Waals surface area contributed by atoms with E-state index in [0.29, 0.717) is 6.04 Å². The standard InChI is InChI=1S/C16H23FN2O/c1-19(15-4-2-3-13(17)9-15)11-16(7-8-20-12-16)10-18-14-5-6-14/h2-4,9,14,18H,5-8,10-12H2,1H3. The van der Waals surface area contributed by atoms with Crippen LogP contribution in [0.2, 0.25) is 0 Å². The van der Waals surface area contributed by atoms with Gasteiger partial charge in [-0.3, -0.25) is 0 Å². The maximum Gasteiger partial charge on any atom is 0.125 e. The molecule has 1 aliphatic heterocycles.